The van der Waals surface area contributed by atoms with Gasteiger partial charge in [0.2, 0.25) is 0 Å². The Morgan fingerprint density at radius 3 is 2.09 bits per heavy atom. The van der Waals surface area contributed by atoms with E-state index in [-0.39, 0.29) is 5.41 Å². The minimum Gasteiger partial charge on any atom is -0.261 e. The lowest BCUT2D eigenvalue weighted by Crippen LogP contribution is -2.20. The third kappa shape index (κ3) is 5.59. The lowest BCUT2D eigenvalue weighted by atomic mass is 9.82. The lowest BCUT2D eigenvalue weighted by Gasteiger charge is -2.24. The van der Waals surface area contributed by atoms with Gasteiger partial charge >= 0.3 is 0 Å². The first-order chi connectivity index (χ1) is 10.2. The molecule has 0 atom stereocenters. The molecule has 2 nitrogen and oxygen atoms in total. The molecule has 0 aliphatic rings. The maximum atomic E-state index is 4.58. The highest BCUT2D eigenvalue weighted by Gasteiger charge is 2.21. The van der Waals surface area contributed by atoms with E-state index in [0.29, 0.717) is 5.41 Å². The Balaban J connectivity index is 2.07. The molecule has 0 radical (unpaired) electrons. The van der Waals surface area contributed by atoms with Gasteiger partial charge in [0, 0.05) is 23.8 Å². The molecule has 0 aliphatic heterocycles. The van der Waals surface area contributed by atoms with Crippen molar-refractivity contribution in [3.8, 4) is 0 Å². The fraction of sp³-hybridized carbons (Fsp3) is 0.500. The second kappa shape index (κ2) is 6.60. The number of rotatable bonds is 5. The number of hydrogen-bond donors (Lipinski definition) is 0. The molecular weight excluding hydrogens is 268 g/mol. The van der Waals surface area contributed by atoms with Gasteiger partial charge in [0.15, 0.2) is 0 Å². The third-order valence-corrected chi connectivity index (χ3v) is 3.66. The molecule has 0 N–H and O–H groups in total. The number of aromatic nitrogens is 2. The molecule has 0 spiro atoms. The van der Waals surface area contributed by atoms with Gasteiger partial charge in [-0.05, 0) is 59.9 Å². The molecular formula is C20H28N2. The van der Waals surface area contributed by atoms with Gasteiger partial charge in [0.1, 0.15) is 0 Å². The summed E-state index contributed by atoms with van der Waals surface area (Å²) in [6, 6.07) is 10.5. The van der Waals surface area contributed by atoms with Crippen molar-refractivity contribution >= 4 is 0 Å². The molecule has 118 valence electrons. The van der Waals surface area contributed by atoms with Crippen molar-refractivity contribution in [3.05, 3.63) is 59.7 Å². The Bertz CT molecular complexity index is 595. The van der Waals surface area contributed by atoms with E-state index in [0.717, 1.165) is 25.0 Å². The first-order valence-electron chi connectivity index (χ1n) is 8.07. The quantitative estimate of drug-likeness (QED) is 0.786. The summed E-state index contributed by atoms with van der Waals surface area (Å²) in [6.07, 6.45) is 6.85. The minimum atomic E-state index is 0.154. The van der Waals surface area contributed by atoms with Crippen molar-refractivity contribution in [3.63, 3.8) is 0 Å². The Morgan fingerprint density at radius 2 is 1.45 bits per heavy atom. The Morgan fingerprint density at radius 1 is 0.773 bits per heavy atom. The largest absolute Gasteiger partial charge is 0.261 e. The molecule has 0 aliphatic carbocycles. The monoisotopic (exact) mass is 296 g/mol. The van der Waals surface area contributed by atoms with E-state index in [9.17, 15) is 0 Å². The fourth-order valence-electron chi connectivity index (χ4n) is 2.89. The van der Waals surface area contributed by atoms with E-state index in [2.05, 4.69) is 68.9 Å². The van der Waals surface area contributed by atoms with Crippen LogP contribution in [-0.2, 0) is 19.3 Å². The summed E-state index contributed by atoms with van der Waals surface area (Å²) in [4.78, 5) is 9.03. The van der Waals surface area contributed by atoms with Crippen molar-refractivity contribution in [1.82, 2.24) is 9.97 Å². The van der Waals surface area contributed by atoms with Crippen molar-refractivity contribution in [2.24, 2.45) is 10.8 Å². The standard InChI is InChI=1S/C20H28N2/c1-19(2,3)13-16-9-11-22-18(12-16)15-20(4,5)14-17-8-6-7-10-21-17/h6-12H,13-15H2,1-5H3. The highest BCUT2D eigenvalue weighted by molar-refractivity contribution is 5.19. The van der Waals surface area contributed by atoms with Crippen molar-refractivity contribution in [2.45, 2.75) is 53.9 Å². The van der Waals surface area contributed by atoms with Gasteiger partial charge in [0.05, 0.1) is 0 Å². The van der Waals surface area contributed by atoms with Gasteiger partial charge < -0.3 is 0 Å². The van der Waals surface area contributed by atoms with Gasteiger partial charge in [0.25, 0.3) is 0 Å². The van der Waals surface area contributed by atoms with Gasteiger partial charge in [-0.15, -0.1) is 0 Å². The highest BCUT2D eigenvalue weighted by Crippen LogP contribution is 2.27. The van der Waals surface area contributed by atoms with Crippen LogP contribution in [0.5, 0.6) is 0 Å². The predicted molar refractivity (Wildman–Crippen MR) is 92.8 cm³/mol. The number of nitrogens with zero attached hydrogens (tertiary/aromatic N) is 2. The Kier molecular flexibility index (Phi) is 5.00. The lowest BCUT2D eigenvalue weighted by molar-refractivity contribution is 0.352. The number of hydrogen-bond acceptors (Lipinski definition) is 2. The molecule has 2 heteroatoms. The smallest absolute Gasteiger partial charge is 0.0411 e. The fourth-order valence-corrected chi connectivity index (χ4v) is 2.89. The van der Waals surface area contributed by atoms with E-state index in [1.807, 2.05) is 18.5 Å². The summed E-state index contributed by atoms with van der Waals surface area (Å²) in [5.74, 6) is 0. The van der Waals surface area contributed by atoms with Crippen molar-refractivity contribution in [2.75, 3.05) is 0 Å². The normalized spacial score (nSPS) is 12.4. The van der Waals surface area contributed by atoms with E-state index in [4.69, 9.17) is 0 Å². The van der Waals surface area contributed by atoms with Gasteiger partial charge in [-0.2, -0.15) is 0 Å². The molecule has 2 aromatic rings. The van der Waals surface area contributed by atoms with Gasteiger partial charge in [-0.25, -0.2) is 0 Å². The highest BCUT2D eigenvalue weighted by atomic mass is 14.7. The van der Waals surface area contributed by atoms with Crippen LogP contribution in [0.4, 0.5) is 0 Å². The second-order valence-corrected chi connectivity index (χ2v) is 8.23. The minimum absolute atomic E-state index is 0.154. The van der Waals surface area contributed by atoms with Crippen LogP contribution in [0.3, 0.4) is 0 Å². The van der Waals surface area contributed by atoms with E-state index in [1.54, 1.807) is 0 Å². The van der Waals surface area contributed by atoms with Crippen LogP contribution >= 0.6 is 0 Å². The summed E-state index contributed by atoms with van der Waals surface area (Å²) >= 11 is 0. The summed E-state index contributed by atoms with van der Waals surface area (Å²) < 4.78 is 0. The molecule has 0 aromatic carbocycles. The summed E-state index contributed by atoms with van der Waals surface area (Å²) in [5.41, 5.74) is 4.18. The maximum absolute atomic E-state index is 4.58. The molecule has 0 amide bonds. The van der Waals surface area contributed by atoms with E-state index >= 15 is 0 Å². The predicted octanol–water partition coefficient (Wildman–Crippen LogP) is 4.88. The van der Waals surface area contributed by atoms with E-state index < -0.39 is 0 Å². The van der Waals surface area contributed by atoms with Crippen LogP contribution in [0.2, 0.25) is 0 Å². The van der Waals surface area contributed by atoms with Gasteiger partial charge in [-0.3, -0.25) is 9.97 Å². The van der Waals surface area contributed by atoms with Crippen LogP contribution in [0.15, 0.2) is 42.7 Å². The average molecular weight is 296 g/mol. The number of pyridine rings is 2. The van der Waals surface area contributed by atoms with Crippen molar-refractivity contribution in [1.29, 1.82) is 0 Å². The molecule has 0 fully saturated rings. The zero-order valence-corrected chi connectivity index (χ0v) is 14.6. The van der Waals surface area contributed by atoms with Crippen LogP contribution in [0, 0.1) is 10.8 Å². The molecule has 2 rings (SSSR count). The van der Waals surface area contributed by atoms with Gasteiger partial charge in [-0.1, -0.05) is 40.7 Å². The molecule has 2 aromatic heterocycles. The zero-order chi connectivity index (χ0) is 16.2. The molecule has 0 unspecified atom stereocenters. The first-order valence-corrected chi connectivity index (χ1v) is 8.07. The summed E-state index contributed by atoms with van der Waals surface area (Å²) in [7, 11) is 0. The summed E-state index contributed by atoms with van der Waals surface area (Å²) in [5, 5.41) is 0. The topological polar surface area (TPSA) is 25.8 Å². The average Bonchev–Trinajstić information content (AvgIpc) is 2.36. The second-order valence-electron chi connectivity index (χ2n) is 8.23. The molecule has 0 saturated carbocycles. The molecule has 2 heterocycles. The first kappa shape index (κ1) is 16.7. The Hall–Kier alpha value is -1.70. The van der Waals surface area contributed by atoms with Crippen LogP contribution in [0.25, 0.3) is 0 Å². The zero-order valence-electron chi connectivity index (χ0n) is 14.6. The van der Waals surface area contributed by atoms with Crippen LogP contribution in [-0.4, -0.2) is 9.97 Å². The molecule has 22 heavy (non-hydrogen) atoms. The van der Waals surface area contributed by atoms with Crippen LogP contribution < -0.4 is 0 Å². The SMILES string of the molecule is CC(C)(C)Cc1ccnc(CC(C)(C)Cc2ccccn2)c1. The molecule has 0 saturated heterocycles. The third-order valence-electron chi connectivity index (χ3n) is 3.66. The Labute approximate surface area is 135 Å². The maximum Gasteiger partial charge on any atom is 0.0411 e. The van der Waals surface area contributed by atoms with E-state index in [1.165, 1.54) is 11.3 Å². The summed E-state index contributed by atoms with van der Waals surface area (Å²) in [6.45, 7) is 11.4. The molecule has 0 bridgehead atoms. The van der Waals surface area contributed by atoms with Crippen molar-refractivity contribution < 1.29 is 0 Å². The van der Waals surface area contributed by atoms with Crippen LogP contribution in [0.1, 0.15) is 51.6 Å².